The SMILES string of the molecule is CNc1ccc(S(=O)(=O)NCC2CCCCO2)cc1. The van der Waals surface area contributed by atoms with Crippen molar-refractivity contribution >= 4 is 15.7 Å². The third kappa shape index (κ3) is 3.92. The fourth-order valence-corrected chi connectivity index (χ4v) is 3.12. The molecule has 1 saturated heterocycles. The van der Waals surface area contributed by atoms with Crippen molar-refractivity contribution < 1.29 is 13.2 Å². The second-order valence-corrected chi connectivity index (χ2v) is 6.38. The fourth-order valence-electron chi connectivity index (χ4n) is 2.06. The quantitative estimate of drug-likeness (QED) is 0.861. The first-order valence-corrected chi connectivity index (χ1v) is 7.99. The minimum Gasteiger partial charge on any atom is -0.388 e. The number of anilines is 1. The molecule has 1 aromatic carbocycles. The molecule has 1 atom stereocenters. The predicted molar refractivity (Wildman–Crippen MR) is 74.8 cm³/mol. The Hall–Kier alpha value is -1.11. The summed E-state index contributed by atoms with van der Waals surface area (Å²) in [6.07, 6.45) is 3.08. The van der Waals surface area contributed by atoms with Crippen LogP contribution < -0.4 is 10.0 Å². The Bertz CT molecular complexity index is 493. The topological polar surface area (TPSA) is 67.4 Å². The van der Waals surface area contributed by atoms with Gasteiger partial charge in [-0.05, 0) is 43.5 Å². The highest BCUT2D eigenvalue weighted by atomic mass is 32.2. The highest BCUT2D eigenvalue weighted by molar-refractivity contribution is 7.89. The third-order valence-electron chi connectivity index (χ3n) is 3.23. The molecule has 1 unspecified atom stereocenters. The molecule has 0 bridgehead atoms. The van der Waals surface area contributed by atoms with Gasteiger partial charge in [-0.1, -0.05) is 0 Å². The summed E-state index contributed by atoms with van der Waals surface area (Å²) in [7, 11) is -1.65. The number of nitrogens with one attached hydrogen (secondary N) is 2. The molecule has 5 nitrogen and oxygen atoms in total. The largest absolute Gasteiger partial charge is 0.388 e. The van der Waals surface area contributed by atoms with Gasteiger partial charge in [-0.15, -0.1) is 0 Å². The molecule has 1 aliphatic heterocycles. The van der Waals surface area contributed by atoms with Crippen LogP contribution in [0, 0.1) is 0 Å². The number of hydrogen-bond donors (Lipinski definition) is 2. The smallest absolute Gasteiger partial charge is 0.240 e. The van der Waals surface area contributed by atoms with Gasteiger partial charge in [0.2, 0.25) is 10.0 Å². The first-order valence-electron chi connectivity index (χ1n) is 6.51. The molecular formula is C13H20N2O3S. The molecule has 6 heteroatoms. The highest BCUT2D eigenvalue weighted by Crippen LogP contribution is 2.15. The zero-order valence-electron chi connectivity index (χ0n) is 11.1. The number of benzene rings is 1. The van der Waals surface area contributed by atoms with Gasteiger partial charge < -0.3 is 10.1 Å². The molecule has 0 aromatic heterocycles. The molecule has 2 N–H and O–H groups in total. The maximum atomic E-state index is 12.1. The van der Waals surface area contributed by atoms with Crippen LogP contribution in [-0.4, -0.2) is 34.7 Å². The standard InChI is InChI=1S/C13H20N2O3S/c1-14-11-5-7-13(8-6-11)19(16,17)15-10-12-4-2-3-9-18-12/h5-8,12,14-15H,2-4,9-10H2,1H3. The van der Waals surface area contributed by atoms with Crippen LogP contribution in [0.5, 0.6) is 0 Å². The van der Waals surface area contributed by atoms with E-state index >= 15 is 0 Å². The number of hydrogen-bond acceptors (Lipinski definition) is 4. The predicted octanol–water partition coefficient (Wildman–Crippen LogP) is 1.58. The van der Waals surface area contributed by atoms with E-state index in [1.807, 2.05) is 0 Å². The van der Waals surface area contributed by atoms with E-state index in [0.717, 1.165) is 31.6 Å². The summed E-state index contributed by atoms with van der Waals surface area (Å²) >= 11 is 0. The monoisotopic (exact) mass is 284 g/mol. The molecular weight excluding hydrogens is 264 g/mol. The van der Waals surface area contributed by atoms with Gasteiger partial charge in [0.25, 0.3) is 0 Å². The molecule has 0 radical (unpaired) electrons. The molecule has 2 rings (SSSR count). The number of sulfonamides is 1. The summed E-state index contributed by atoms with van der Waals surface area (Å²) in [4.78, 5) is 0.280. The van der Waals surface area contributed by atoms with E-state index in [0.29, 0.717) is 6.54 Å². The minimum absolute atomic E-state index is 0.0000988. The van der Waals surface area contributed by atoms with Crippen LogP contribution in [0.2, 0.25) is 0 Å². The lowest BCUT2D eigenvalue weighted by Gasteiger charge is -2.22. The molecule has 1 aliphatic rings. The maximum Gasteiger partial charge on any atom is 0.240 e. The van der Waals surface area contributed by atoms with Crippen molar-refractivity contribution in [2.45, 2.75) is 30.3 Å². The lowest BCUT2D eigenvalue weighted by molar-refractivity contribution is 0.0200. The normalized spacial score (nSPS) is 20.2. The Balaban J connectivity index is 1.96. The van der Waals surface area contributed by atoms with Crippen LogP contribution in [0.1, 0.15) is 19.3 Å². The second-order valence-electron chi connectivity index (χ2n) is 4.61. The summed E-state index contributed by atoms with van der Waals surface area (Å²) in [5.41, 5.74) is 0.884. The maximum absolute atomic E-state index is 12.1. The lowest BCUT2D eigenvalue weighted by atomic mass is 10.1. The van der Waals surface area contributed by atoms with Crippen molar-refractivity contribution in [2.24, 2.45) is 0 Å². The van der Waals surface area contributed by atoms with Crippen LogP contribution in [-0.2, 0) is 14.8 Å². The summed E-state index contributed by atoms with van der Waals surface area (Å²) < 4.78 is 32.3. The van der Waals surface area contributed by atoms with E-state index in [1.54, 1.807) is 31.3 Å². The van der Waals surface area contributed by atoms with E-state index in [9.17, 15) is 8.42 Å². The van der Waals surface area contributed by atoms with Crippen LogP contribution >= 0.6 is 0 Å². The van der Waals surface area contributed by atoms with E-state index in [4.69, 9.17) is 4.74 Å². The Morgan fingerprint density at radius 2 is 2.00 bits per heavy atom. The first-order chi connectivity index (χ1) is 9.12. The van der Waals surface area contributed by atoms with Gasteiger partial charge in [-0.2, -0.15) is 0 Å². The van der Waals surface area contributed by atoms with Gasteiger partial charge in [-0.3, -0.25) is 0 Å². The van der Waals surface area contributed by atoms with E-state index in [1.165, 1.54) is 0 Å². The molecule has 0 amide bonds. The van der Waals surface area contributed by atoms with Crippen molar-refractivity contribution in [2.75, 3.05) is 25.5 Å². The molecule has 0 spiro atoms. The van der Waals surface area contributed by atoms with Gasteiger partial charge in [0, 0.05) is 25.9 Å². The third-order valence-corrected chi connectivity index (χ3v) is 4.67. The fraction of sp³-hybridized carbons (Fsp3) is 0.538. The van der Waals surface area contributed by atoms with Gasteiger partial charge in [0.15, 0.2) is 0 Å². The van der Waals surface area contributed by atoms with Crippen LogP contribution in [0.25, 0.3) is 0 Å². The summed E-state index contributed by atoms with van der Waals surface area (Å²) in [6, 6.07) is 6.67. The zero-order chi connectivity index (χ0) is 13.7. The first kappa shape index (κ1) is 14.3. The molecule has 1 aromatic rings. The Morgan fingerprint density at radius 3 is 2.58 bits per heavy atom. The van der Waals surface area contributed by atoms with Crippen molar-refractivity contribution in [3.8, 4) is 0 Å². The van der Waals surface area contributed by atoms with Crippen LogP contribution in [0.4, 0.5) is 5.69 Å². The van der Waals surface area contributed by atoms with E-state index in [-0.39, 0.29) is 11.0 Å². The molecule has 19 heavy (non-hydrogen) atoms. The van der Waals surface area contributed by atoms with Crippen molar-refractivity contribution in [1.29, 1.82) is 0 Å². The number of rotatable bonds is 5. The van der Waals surface area contributed by atoms with Gasteiger partial charge in [0.1, 0.15) is 0 Å². The number of ether oxygens (including phenoxy) is 1. The van der Waals surface area contributed by atoms with Gasteiger partial charge in [-0.25, -0.2) is 13.1 Å². The van der Waals surface area contributed by atoms with Crippen LogP contribution in [0.15, 0.2) is 29.2 Å². The summed E-state index contributed by atoms with van der Waals surface area (Å²) in [6.45, 7) is 1.07. The highest BCUT2D eigenvalue weighted by Gasteiger charge is 2.19. The Labute approximate surface area is 114 Å². The minimum atomic E-state index is -3.44. The van der Waals surface area contributed by atoms with Gasteiger partial charge >= 0.3 is 0 Å². The summed E-state index contributed by atoms with van der Waals surface area (Å²) in [5, 5.41) is 2.95. The molecule has 106 valence electrons. The van der Waals surface area contributed by atoms with Crippen molar-refractivity contribution in [3.63, 3.8) is 0 Å². The Morgan fingerprint density at radius 1 is 1.26 bits per heavy atom. The van der Waals surface area contributed by atoms with Crippen molar-refractivity contribution in [3.05, 3.63) is 24.3 Å². The summed E-state index contributed by atoms with van der Waals surface area (Å²) in [5.74, 6) is 0. The van der Waals surface area contributed by atoms with Gasteiger partial charge in [0.05, 0.1) is 11.0 Å². The Kier molecular flexibility index (Phi) is 4.79. The molecule has 1 heterocycles. The molecule has 1 fully saturated rings. The van der Waals surface area contributed by atoms with E-state index in [2.05, 4.69) is 10.0 Å². The average molecular weight is 284 g/mol. The molecule has 0 aliphatic carbocycles. The van der Waals surface area contributed by atoms with E-state index < -0.39 is 10.0 Å². The van der Waals surface area contributed by atoms with Crippen LogP contribution in [0.3, 0.4) is 0 Å². The van der Waals surface area contributed by atoms with Crippen molar-refractivity contribution in [1.82, 2.24) is 4.72 Å². The average Bonchev–Trinajstić information content (AvgIpc) is 2.46. The molecule has 0 saturated carbocycles. The lowest BCUT2D eigenvalue weighted by Crippen LogP contribution is -2.35. The second kappa shape index (κ2) is 6.36. The zero-order valence-corrected chi connectivity index (χ0v) is 11.9.